The van der Waals surface area contributed by atoms with Crippen molar-refractivity contribution in [3.63, 3.8) is 0 Å². The van der Waals surface area contributed by atoms with E-state index in [1.807, 2.05) is 30.3 Å². The van der Waals surface area contributed by atoms with Crippen molar-refractivity contribution in [3.8, 4) is 17.1 Å². The van der Waals surface area contributed by atoms with Gasteiger partial charge in [0.15, 0.2) is 0 Å². The molecule has 1 N–H and O–H groups in total. The first-order valence-corrected chi connectivity index (χ1v) is 6.36. The van der Waals surface area contributed by atoms with E-state index in [2.05, 4.69) is 25.3 Å². The van der Waals surface area contributed by atoms with Crippen LogP contribution in [0.25, 0.3) is 11.3 Å². The van der Waals surface area contributed by atoms with Crippen molar-refractivity contribution in [2.45, 2.75) is 0 Å². The lowest BCUT2D eigenvalue weighted by molar-refractivity contribution is 0.399. The molecule has 3 heterocycles. The molecule has 6 nitrogen and oxygen atoms in total. The summed E-state index contributed by atoms with van der Waals surface area (Å²) in [5, 5.41) is 3.11. The van der Waals surface area contributed by atoms with Gasteiger partial charge in [0.25, 0.3) is 0 Å². The van der Waals surface area contributed by atoms with E-state index in [1.165, 1.54) is 0 Å². The molecule has 0 aromatic carbocycles. The second-order valence-electron chi connectivity index (χ2n) is 4.19. The minimum atomic E-state index is 0.492. The number of ether oxygens (including phenoxy) is 1. The van der Waals surface area contributed by atoms with E-state index < -0.39 is 0 Å². The van der Waals surface area contributed by atoms with Gasteiger partial charge in [-0.05, 0) is 30.3 Å². The van der Waals surface area contributed by atoms with Crippen LogP contribution in [0.15, 0.2) is 55.1 Å². The minimum Gasteiger partial charge on any atom is -0.481 e. The molecular formula is C15H13N5O. The highest BCUT2D eigenvalue weighted by Gasteiger charge is 2.09. The lowest BCUT2D eigenvalue weighted by Crippen LogP contribution is -1.99. The van der Waals surface area contributed by atoms with Gasteiger partial charge in [0.2, 0.25) is 11.8 Å². The molecule has 0 amide bonds. The zero-order valence-electron chi connectivity index (χ0n) is 11.4. The van der Waals surface area contributed by atoms with Crippen LogP contribution in [-0.2, 0) is 0 Å². The summed E-state index contributed by atoms with van der Waals surface area (Å²) in [5.74, 6) is 1.02. The lowest BCUT2D eigenvalue weighted by Gasteiger charge is -2.08. The van der Waals surface area contributed by atoms with E-state index in [-0.39, 0.29) is 0 Å². The largest absolute Gasteiger partial charge is 0.481 e. The topological polar surface area (TPSA) is 72.8 Å². The Kier molecular flexibility index (Phi) is 3.68. The molecule has 3 aromatic rings. The van der Waals surface area contributed by atoms with Gasteiger partial charge in [-0.25, -0.2) is 15.0 Å². The predicted molar refractivity (Wildman–Crippen MR) is 79.3 cm³/mol. The molecule has 0 radical (unpaired) electrons. The number of rotatable bonds is 4. The minimum absolute atomic E-state index is 0.492. The van der Waals surface area contributed by atoms with Crippen LogP contribution in [0.1, 0.15) is 0 Å². The van der Waals surface area contributed by atoms with Crippen LogP contribution in [-0.4, -0.2) is 27.0 Å². The van der Waals surface area contributed by atoms with Crippen molar-refractivity contribution >= 4 is 11.6 Å². The molecule has 0 saturated carbocycles. The maximum atomic E-state index is 5.26. The number of hydrogen-bond donors (Lipinski definition) is 1. The van der Waals surface area contributed by atoms with Gasteiger partial charge in [0.1, 0.15) is 0 Å². The third kappa shape index (κ3) is 2.94. The second kappa shape index (κ2) is 5.96. The predicted octanol–water partition coefficient (Wildman–Crippen LogP) is 2.69. The summed E-state index contributed by atoms with van der Waals surface area (Å²) in [6, 6.07) is 9.30. The van der Waals surface area contributed by atoms with E-state index >= 15 is 0 Å². The summed E-state index contributed by atoms with van der Waals surface area (Å²) >= 11 is 0. The molecule has 0 saturated heterocycles. The molecule has 0 unspecified atom stereocenters. The molecule has 3 aromatic heterocycles. The van der Waals surface area contributed by atoms with Crippen LogP contribution in [0.4, 0.5) is 11.6 Å². The van der Waals surface area contributed by atoms with Gasteiger partial charge in [-0.2, -0.15) is 0 Å². The van der Waals surface area contributed by atoms with Crippen LogP contribution < -0.4 is 10.1 Å². The Hall–Kier alpha value is -3.02. The summed E-state index contributed by atoms with van der Waals surface area (Å²) in [4.78, 5) is 16.9. The standard InChI is InChI=1S/C15H13N5O/c1-21-14-12(5-3-8-17-14)13-6-9-18-15(20-13)19-11-4-2-7-16-10-11/h2-10H,1H3,(H,18,19,20). The zero-order valence-corrected chi connectivity index (χ0v) is 11.4. The highest BCUT2D eigenvalue weighted by molar-refractivity contribution is 5.66. The molecule has 0 aliphatic heterocycles. The maximum Gasteiger partial charge on any atom is 0.227 e. The summed E-state index contributed by atoms with van der Waals surface area (Å²) < 4.78 is 5.26. The molecule has 0 fully saturated rings. The molecule has 0 atom stereocenters. The van der Waals surface area contributed by atoms with Gasteiger partial charge >= 0.3 is 0 Å². The molecule has 0 aliphatic carbocycles. The van der Waals surface area contributed by atoms with Crippen molar-refractivity contribution < 1.29 is 4.74 Å². The number of hydrogen-bond acceptors (Lipinski definition) is 6. The normalized spacial score (nSPS) is 10.1. The Morgan fingerprint density at radius 2 is 1.90 bits per heavy atom. The fourth-order valence-electron chi connectivity index (χ4n) is 1.88. The van der Waals surface area contributed by atoms with E-state index in [0.717, 1.165) is 16.9 Å². The van der Waals surface area contributed by atoms with Gasteiger partial charge in [0, 0.05) is 18.6 Å². The van der Waals surface area contributed by atoms with E-state index in [4.69, 9.17) is 4.74 Å². The fraction of sp³-hybridized carbons (Fsp3) is 0.0667. The molecule has 0 spiro atoms. The Balaban J connectivity index is 1.93. The first kappa shape index (κ1) is 13.0. The SMILES string of the molecule is COc1ncccc1-c1ccnc(Nc2cccnc2)n1. The Labute approximate surface area is 121 Å². The van der Waals surface area contributed by atoms with Crippen LogP contribution in [0.3, 0.4) is 0 Å². The smallest absolute Gasteiger partial charge is 0.227 e. The summed E-state index contributed by atoms with van der Waals surface area (Å²) in [7, 11) is 1.59. The zero-order chi connectivity index (χ0) is 14.5. The Morgan fingerprint density at radius 3 is 2.71 bits per heavy atom. The highest BCUT2D eigenvalue weighted by atomic mass is 16.5. The molecule has 0 aliphatic rings. The number of aromatic nitrogens is 4. The molecular weight excluding hydrogens is 266 g/mol. The van der Waals surface area contributed by atoms with Crippen molar-refractivity contribution in [3.05, 3.63) is 55.1 Å². The van der Waals surface area contributed by atoms with Gasteiger partial charge < -0.3 is 10.1 Å². The van der Waals surface area contributed by atoms with E-state index in [1.54, 1.807) is 31.9 Å². The fourth-order valence-corrected chi connectivity index (χ4v) is 1.88. The molecule has 104 valence electrons. The monoisotopic (exact) mass is 279 g/mol. The van der Waals surface area contributed by atoms with Crippen LogP contribution in [0.2, 0.25) is 0 Å². The van der Waals surface area contributed by atoms with Crippen molar-refractivity contribution in [1.82, 2.24) is 19.9 Å². The molecule has 0 bridgehead atoms. The van der Waals surface area contributed by atoms with Crippen LogP contribution in [0, 0.1) is 0 Å². The molecule has 21 heavy (non-hydrogen) atoms. The summed E-state index contributed by atoms with van der Waals surface area (Å²) in [6.07, 6.45) is 6.79. The maximum absolute atomic E-state index is 5.26. The first-order valence-electron chi connectivity index (χ1n) is 6.36. The van der Waals surface area contributed by atoms with Crippen molar-refractivity contribution in [2.24, 2.45) is 0 Å². The first-order chi connectivity index (χ1) is 10.4. The molecule has 3 rings (SSSR count). The van der Waals surface area contributed by atoms with E-state index in [0.29, 0.717) is 11.8 Å². The van der Waals surface area contributed by atoms with Crippen LogP contribution in [0.5, 0.6) is 5.88 Å². The average Bonchev–Trinajstić information content (AvgIpc) is 2.56. The number of methoxy groups -OCH3 is 1. The number of pyridine rings is 2. The van der Waals surface area contributed by atoms with Crippen molar-refractivity contribution in [1.29, 1.82) is 0 Å². The number of anilines is 2. The van der Waals surface area contributed by atoms with Gasteiger partial charge in [0.05, 0.1) is 30.3 Å². The third-order valence-electron chi connectivity index (χ3n) is 2.81. The number of nitrogens with one attached hydrogen (secondary N) is 1. The van der Waals surface area contributed by atoms with Crippen LogP contribution >= 0.6 is 0 Å². The van der Waals surface area contributed by atoms with Gasteiger partial charge in [-0.1, -0.05) is 0 Å². The Morgan fingerprint density at radius 1 is 1.00 bits per heavy atom. The Bertz CT molecular complexity index is 733. The quantitative estimate of drug-likeness (QED) is 0.791. The number of nitrogens with zero attached hydrogens (tertiary/aromatic N) is 4. The third-order valence-corrected chi connectivity index (χ3v) is 2.81. The average molecular weight is 279 g/mol. The second-order valence-corrected chi connectivity index (χ2v) is 4.19. The summed E-state index contributed by atoms with van der Waals surface area (Å²) in [6.45, 7) is 0. The highest BCUT2D eigenvalue weighted by Crippen LogP contribution is 2.26. The van der Waals surface area contributed by atoms with Gasteiger partial charge in [-0.15, -0.1) is 0 Å². The molecule has 6 heteroatoms. The summed E-state index contributed by atoms with van der Waals surface area (Å²) in [5.41, 5.74) is 2.38. The van der Waals surface area contributed by atoms with E-state index in [9.17, 15) is 0 Å². The van der Waals surface area contributed by atoms with Gasteiger partial charge in [-0.3, -0.25) is 4.98 Å². The van der Waals surface area contributed by atoms with Crippen molar-refractivity contribution in [2.75, 3.05) is 12.4 Å². The lowest BCUT2D eigenvalue weighted by atomic mass is 10.2.